The predicted octanol–water partition coefficient (Wildman–Crippen LogP) is 5.95. The van der Waals surface area contributed by atoms with Crippen LogP contribution in [0.4, 0.5) is 17.6 Å². The monoisotopic (exact) mass is 439 g/mol. The van der Waals surface area contributed by atoms with Crippen molar-refractivity contribution in [3.63, 3.8) is 0 Å². The molecule has 0 radical (unpaired) electrons. The van der Waals surface area contributed by atoms with E-state index < -0.39 is 27.8 Å². The zero-order valence-electron chi connectivity index (χ0n) is 16.2. The molecule has 4 nitrogen and oxygen atoms in total. The molecule has 0 N–H and O–H groups in total. The minimum Gasteiger partial charge on any atom is -0.466 e. The molecule has 1 unspecified atom stereocenters. The highest BCUT2D eigenvalue weighted by Gasteiger charge is 2.34. The van der Waals surface area contributed by atoms with Gasteiger partial charge in [0.15, 0.2) is 0 Å². The molecule has 0 bridgehead atoms. The van der Waals surface area contributed by atoms with E-state index in [-0.39, 0.29) is 27.5 Å². The van der Waals surface area contributed by atoms with Crippen molar-refractivity contribution in [2.24, 2.45) is 0 Å². The fourth-order valence-corrected chi connectivity index (χ4v) is 4.05. The van der Waals surface area contributed by atoms with Gasteiger partial charge in [-0.15, -0.1) is 0 Å². The first-order valence-corrected chi connectivity index (χ1v) is 9.77. The maximum atomic E-state index is 13.7. The average molecular weight is 439 g/mol. The number of alkyl halides is 3. The number of esters is 1. The van der Waals surface area contributed by atoms with Gasteiger partial charge < -0.3 is 9.47 Å². The van der Waals surface area contributed by atoms with Crippen molar-refractivity contribution in [2.75, 3.05) is 7.11 Å². The Morgan fingerprint density at radius 1 is 1.23 bits per heavy atom. The minimum absolute atomic E-state index is 0.0159. The van der Waals surface area contributed by atoms with Gasteiger partial charge in [-0.05, 0) is 49.8 Å². The number of hydrogen-bond donors (Lipinski definition) is 0. The molecule has 9 heteroatoms. The molecular formula is C21H17F4NO3S. The summed E-state index contributed by atoms with van der Waals surface area (Å²) >= 11 is 0. The van der Waals surface area contributed by atoms with Gasteiger partial charge in [0.05, 0.1) is 18.7 Å². The second-order valence-electron chi connectivity index (χ2n) is 5.87. The van der Waals surface area contributed by atoms with Crippen molar-refractivity contribution in [1.29, 1.82) is 5.26 Å². The lowest BCUT2D eigenvalue weighted by molar-refractivity contribution is -0.134. The van der Waals surface area contributed by atoms with Gasteiger partial charge in [-0.2, -0.15) is 18.4 Å². The smallest absolute Gasteiger partial charge is 0.440 e. The van der Waals surface area contributed by atoms with E-state index in [4.69, 9.17) is 10.00 Å². The summed E-state index contributed by atoms with van der Waals surface area (Å²) in [7, 11) is -1.05. The number of halogens is 4. The van der Waals surface area contributed by atoms with E-state index in [9.17, 15) is 22.4 Å². The number of rotatable bonds is 5. The van der Waals surface area contributed by atoms with Gasteiger partial charge in [0.25, 0.3) is 0 Å². The molecule has 0 spiro atoms. The predicted molar refractivity (Wildman–Crippen MR) is 107 cm³/mol. The van der Waals surface area contributed by atoms with Crippen molar-refractivity contribution in [3.8, 4) is 17.6 Å². The first-order valence-electron chi connectivity index (χ1n) is 8.48. The highest BCUT2D eigenvalue weighted by atomic mass is 32.2. The lowest BCUT2D eigenvalue weighted by Crippen LogP contribution is -2.07. The van der Waals surface area contributed by atoms with E-state index in [0.29, 0.717) is 5.56 Å². The summed E-state index contributed by atoms with van der Waals surface area (Å²) in [5.41, 5.74) is -4.04. The van der Waals surface area contributed by atoms with Crippen LogP contribution < -0.4 is 4.74 Å². The zero-order chi connectivity index (χ0) is 22.5. The maximum absolute atomic E-state index is 13.7. The number of ether oxygens (including phenoxy) is 2. The van der Waals surface area contributed by atoms with Crippen molar-refractivity contribution in [2.45, 2.75) is 24.3 Å². The highest BCUT2D eigenvalue weighted by molar-refractivity contribution is 8.15. The molecule has 1 atom stereocenters. The minimum atomic E-state index is -4.51. The van der Waals surface area contributed by atoms with Gasteiger partial charge in [-0.25, -0.2) is 9.18 Å². The Balaban J connectivity index is 2.63. The third-order valence-electron chi connectivity index (χ3n) is 3.96. The van der Waals surface area contributed by atoms with E-state index >= 15 is 0 Å². The molecule has 0 saturated carbocycles. The Morgan fingerprint density at radius 2 is 1.93 bits per heavy atom. The first kappa shape index (κ1) is 23.2. The van der Waals surface area contributed by atoms with Gasteiger partial charge in [0.1, 0.15) is 17.3 Å². The third kappa shape index (κ3) is 5.48. The lowest BCUT2D eigenvalue weighted by Gasteiger charge is -2.19. The van der Waals surface area contributed by atoms with E-state index in [2.05, 4.69) is 4.74 Å². The normalized spacial score (nSPS) is 12.6. The van der Waals surface area contributed by atoms with Crippen LogP contribution in [0.3, 0.4) is 0 Å². The summed E-state index contributed by atoms with van der Waals surface area (Å²) in [5, 5.41) is 10.0. The van der Waals surface area contributed by atoms with E-state index in [0.717, 1.165) is 30.7 Å². The summed E-state index contributed by atoms with van der Waals surface area (Å²) in [5.74, 6) is -1.26. The summed E-state index contributed by atoms with van der Waals surface area (Å²) in [6, 6.07) is 7.77. The number of benzene rings is 2. The Morgan fingerprint density at radius 3 is 2.50 bits per heavy atom. The van der Waals surface area contributed by atoms with Crippen molar-refractivity contribution in [3.05, 3.63) is 58.9 Å². The number of hydrogen-bond acceptors (Lipinski definition) is 4. The number of methoxy groups -OCH3 is 1. The van der Waals surface area contributed by atoms with Crippen LogP contribution in [-0.4, -0.2) is 24.0 Å². The van der Waals surface area contributed by atoms with Crippen molar-refractivity contribution in [1.82, 2.24) is 0 Å². The summed E-state index contributed by atoms with van der Waals surface area (Å²) in [6.45, 7) is 2.83. The Labute approximate surface area is 173 Å². The van der Waals surface area contributed by atoms with E-state index in [1.165, 1.54) is 38.1 Å². The van der Waals surface area contributed by atoms with Gasteiger partial charge in [-0.3, -0.25) is 0 Å². The first-order chi connectivity index (χ1) is 14.1. The Kier molecular flexibility index (Phi) is 7.40. The largest absolute Gasteiger partial charge is 0.466 e. The molecule has 30 heavy (non-hydrogen) atoms. The van der Waals surface area contributed by atoms with Gasteiger partial charge in [-0.1, -0.05) is 15.9 Å². The Hall–Kier alpha value is -3.12. The Bertz CT molecular complexity index is 1070. The molecule has 0 fully saturated rings. The molecule has 0 heterocycles. The number of nitrogens with zero attached hydrogens (tertiary/aromatic N) is 1. The maximum Gasteiger partial charge on any atom is 0.440 e. The van der Waals surface area contributed by atoms with E-state index in [1.54, 1.807) is 6.07 Å². The summed E-state index contributed by atoms with van der Waals surface area (Å²) in [4.78, 5) is 11.4. The van der Waals surface area contributed by atoms with Crippen LogP contribution in [0.5, 0.6) is 11.5 Å². The number of carbonyl (C=O) groups excluding carboxylic acids is 1. The molecule has 0 amide bonds. The van der Waals surface area contributed by atoms with Crippen LogP contribution >= 0.6 is 10.5 Å². The number of carbonyl (C=O) groups is 1. The molecule has 2 rings (SSSR count). The molecular weight excluding hydrogens is 422 g/mol. The topological polar surface area (TPSA) is 59.3 Å². The van der Waals surface area contributed by atoms with Crippen LogP contribution in [0.15, 0.2) is 41.3 Å². The van der Waals surface area contributed by atoms with E-state index in [1.807, 2.05) is 0 Å². The fraction of sp³-hybridized carbons (Fsp3) is 0.190. The van der Waals surface area contributed by atoms with Gasteiger partial charge >= 0.3 is 11.5 Å². The molecule has 2 aromatic carbocycles. The molecule has 0 aliphatic heterocycles. The lowest BCUT2D eigenvalue weighted by atomic mass is 10.1. The molecule has 0 aliphatic carbocycles. The van der Waals surface area contributed by atoms with Crippen LogP contribution in [0, 0.1) is 24.1 Å². The van der Waals surface area contributed by atoms with Crippen LogP contribution in [0.25, 0.3) is 6.08 Å². The van der Waals surface area contributed by atoms with Crippen molar-refractivity contribution >= 4 is 27.9 Å². The standard InChI is InChI=1S/C21H17F4NO3S/c1-4-30(21(23,24)25)19-7-6-18(13(2)17(19)5-8-20(27)28-3)29-16-10-14(12-26)9-15(22)11-16/h4-11H,1-3H3/b8-5+. The van der Waals surface area contributed by atoms with Crippen LogP contribution in [0.1, 0.15) is 23.6 Å². The third-order valence-corrected chi connectivity index (χ3v) is 5.76. The molecule has 0 saturated heterocycles. The fourth-order valence-electron chi connectivity index (χ4n) is 2.61. The second-order valence-corrected chi connectivity index (χ2v) is 7.92. The molecule has 0 aliphatic rings. The van der Waals surface area contributed by atoms with Crippen LogP contribution in [0.2, 0.25) is 0 Å². The molecule has 0 aromatic heterocycles. The summed E-state index contributed by atoms with van der Waals surface area (Å²) in [6.07, 6.45) is 2.24. The SMILES string of the molecule is C/C=S(\c1ccc(Oc2cc(F)cc(C#N)c2)c(C)c1/C=C/C(=O)OC)C(F)(F)F. The van der Waals surface area contributed by atoms with Crippen LogP contribution in [-0.2, 0) is 9.53 Å². The highest BCUT2D eigenvalue weighted by Crippen LogP contribution is 2.47. The van der Waals surface area contributed by atoms with Crippen molar-refractivity contribution < 1.29 is 31.8 Å². The van der Waals surface area contributed by atoms with Gasteiger partial charge in [0, 0.05) is 22.6 Å². The number of nitriles is 1. The molecule has 158 valence electrons. The summed E-state index contributed by atoms with van der Waals surface area (Å²) < 4.78 is 64.4. The van der Waals surface area contributed by atoms with Gasteiger partial charge in [0.2, 0.25) is 0 Å². The quantitative estimate of drug-likeness (QED) is 0.250. The molecule has 2 aromatic rings. The average Bonchev–Trinajstić information content (AvgIpc) is 2.68. The zero-order valence-corrected chi connectivity index (χ0v) is 17.0. The second kappa shape index (κ2) is 9.59.